The third-order valence-electron chi connectivity index (χ3n) is 8.72. The summed E-state index contributed by atoms with van der Waals surface area (Å²) in [6.07, 6.45) is 0.631. The first-order chi connectivity index (χ1) is 24.9. The summed E-state index contributed by atoms with van der Waals surface area (Å²) in [6.45, 7) is 6.41. The molecule has 0 saturated carbocycles. The highest BCUT2D eigenvalue weighted by molar-refractivity contribution is 5.92. The number of carbonyl (C=O) groups is 5. The molecule has 1 aliphatic heterocycles. The average Bonchev–Trinajstić information content (AvgIpc) is 3.42. The third-order valence-corrected chi connectivity index (χ3v) is 8.72. The highest BCUT2D eigenvalue weighted by atomic mass is 16.5. The first-order valence-electron chi connectivity index (χ1n) is 17.9. The number of aromatic nitrogens is 2. The molecule has 1 aliphatic rings. The maximum Gasteiger partial charge on any atom is 0.326 e. The number of nitrogens with one attached hydrogen (secondary N) is 5. The standard InChI is InChI=1S/C37H51N7O8/c1-24(2)20-29-35(49)42-34(25(3)45)36(50)39-15-6-7-17-43(33(48)14-19-44-30-13-5-4-12-28(30)41-37(44)51)18-9-16-38-32(47)23-52-27-11-8-10-26(21-27)22-31(46)40-29/h4-5,8,10-13,21,24-25,29,34,45H,6-7,9,14-20,22-23H2,1-3H3,(H,38,47)(H,39,50)(H,40,46)(H,41,51)(H,42,49)/t25-,29-,34+/m1/s1. The fourth-order valence-electron chi connectivity index (χ4n) is 6.04. The van der Waals surface area contributed by atoms with Crippen molar-refractivity contribution in [2.75, 3.05) is 32.8 Å². The molecule has 0 aliphatic carbocycles. The summed E-state index contributed by atoms with van der Waals surface area (Å²) in [6, 6.07) is 11.8. The van der Waals surface area contributed by atoms with Crippen LogP contribution in [0.5, 0.6) is 5.75 Å². The van der Waals surface area contributed by atoms with Gasteiger partial charge >= 0.3 is 5.69 Å². The molecule has 15 heteroatoms. The minimum atomic E-state index is -1.25. The SMILES string of the molecule is CC(C)C[C@H]1NC(=O)Cc2cccc(c2)OCC(=O)NCCCN(C(=O)CCn2c(=O)[nH]c3ccccc32)CCCCNC(=O)[C@H]([C@@H](C)O)NC1=O. The lowest BCUT2D eigenvalue weighted by Crippen LogP contribution is -2.57. The third kappa shape index (κ3) is 12.0. The summed E-state index contributed by atoms with van der Waals surface area (Å²) in [7, 11) is 0. The predicted octanol–water partition coefficient (Wildman–Crippen LogP) is 0.983. The molecular weight excluding hydrogens is 670 g/mol. The number of rotatable bonds is 6. The minimum absolute atomic E-state index is 0.0347. The van der Waals surface area contributed by atoms with Crippen molar-refractivity contribution in [3.05, 3.63) is 64.6 Å². The number of hydrogen-bond acceptors (Lipinski definition) is 8. The van der Waals surface area contributed by atoms with E-state index in [0.717, 1.165) is 0 Å². The van der Waals surface area contributed by atoms with E-state index in [1.807, 2.05) is 32.0 Å². The van der Waals surface area contributed by atoms with Crippen LogP contribution in [0, 0.1) is 5.92 Å². The minimum Gasteiger partial charge on any atom is -0.484 e. The number of carbonyl (C=O) groups excluding carboxylic acids is 5. The second-order valence-corrected chi connectivity index (χ2v) is 13.5. The van der Waals surface area contributed by atoms with Gasteiger partial charge in [-0.1, -0.05) is 38.1 Å². The molecule has 1 aromatic heterocycles. The molecule has 0 unspecified atom stereocenters. The predicted molar refractivity (Wildman–Crippen MR) is 194 cm³/mol. The normalized spacial score (nSPS) is 19.8. The Balaban J connectivity index is 1.46. The summed E-state index contributed by atoms with van der Waals surface area (Å²) >= 11 is 0. The lowest BCUT2D eigenvalue weighted by atomic mass is 10.0. The average molecular weight is 722 g/mol. The van der Waals surface area contributed by atoms with E-state index in [4.69, 9.17) is 4.74 Å². The number of amides is 5. The quantitative estimate of drug-likeness (QED) is 0.216. The van der Waals surface area contributed by atoms with Crippen molar-refractivity contribution >= 4 is 40.6 Å². The van der Waals surface area contributed by atoms with Gasteiger partial charge in [-0.25, -0.2) is 4.79 Å². The van der Waals surface area contributed by atoms with E-state index < -0.39 is 35.9 Å². The van der Waals surface area contributed by atoms with E-state index >= 15 is 0 Å². The van der Waals surface area contributed by atoms with Gasteiger partial charge in [0.25, 0.3) is 5.91 Å². The van der Waals surface area contributed by atoms with Gasteiger partial charge in [-0.05, 0) is 68.4 Å². The van der Waals surface area contributed by atoms with Crippen LogP contribution in [0.2, 0.25) is 0 Å². The van der Waals surface area contributed by atoms with Crippen molar-refractivity contribution < 1.29 is 33.8 Å². The van der Waals surface area contributed by atoms with Crippen LogP contribution < -0.4 is 31.7 Å². The van der Waals surface area contributed by atoms with E-state index in [0.29, 0.717) is 67.7 Å². The Morgan fingerprint density at radius 2 is 1.63 bits per heavy atom. The number of aromatic amines is 1. The zero-order valence-corrected chi connectivity index (χ0v) is 30.1. The summed E-state index contributed by atoms with van der Waals surface area (Å²) in [4.78, 5) is 82.5. The van der Waals surface area contributed by atoms with E-state index in [9.17, 15) is 33.9 Å². The van der Waals surface area contributed by atoms with Crippen molar-refractivity contribution in [2.45, 2.75) is 84.0 Å². The molecule has 15 nitrogen and oxygen atoms in total. The van der Waals surface area contributed by atoms with Gasteiger partial charge in [0, 0.05) is 39.1 Å². The van der Waals surface area contributed by atoms with Gasteiger partial charge in [0.15, 0.2) is 6.61 Å². The van der Waals surface area contributed by atoms with E-state index in [1.54, 1.807) is 35.2 Å². The smallest absolute Gasteiger partial charge is 0.326 e. The fraction of sp³-hybridized carbons (Fsp3) is 0.514. The van der Waals surface area contributed by atoms with E-state index in [1.165, 1.54) is 11.5 Å². The number of hydrogen-bond donors (Lipinski definition) is 6. The van der Waals surface area contributed by atoms with Crippen LogP contribution >= 0.6 is 0 Å². The highest BCUT2D eigenvalue weighted by Crippen LogP contribution is 2.15. The van der Waals surface area contributed by atoms with Crippen LogP contribution in [0.3, 0.4) is 0 Å². The van der Waals surface area contributed by atoms with Crippen molar-refractivity contribution in [1.82, 2.24) is 35.7 Å². The number of aryl methyl sites for hydroxylation is 1. The Hall–Kier alpha value is -5.18. The van der Waals surface area contributed by atoms with E-state index in [-0.39, 0.29) is 56.0 Å². The Bertz CT molecular complexity index is 1750. The Kier molecular flexibility index (Phi) is 14.8. The van der Waals surface area contributed by atoms with Crippen LogP contribution in [0.15, 0.2) is 53.3 Å². The lowest BCUT2D eigenvalue weighted by molar-refractivity contribution is -0.134. The van der Waals surface area contributed by atoms with Crippen molar-refractivity contribution in [1.29, 1.82) is 0 Å². The van der Waals surface area contributed by atoms with Gasteiger partial charge in [-0.2, -0.15) is 0 Å². The number of aliphatic hydroxyl groups excluding tert-OH is 1. The number of aliphatic hydroxyl groups is 1. The molecule has 52 heavy (non-hydrogen) atoms. The first-order valence-corrected chi connectivity index (χ1v) is 17.9. The van der Waals surface area contributed by atoms with Crippen molar-refractivity contribution in [3.8, 4) is 5.75 Å². The molecule has 2 bridgehead atoms. The molecule has 2 heterocycles. The molecule has 6 N–H and O–H groups in total. The van der Waals surface area contributed by atoms with Gasteiger partial charge in [-0.15, -0.1) is 0 Å². The van der Waals surface area contributed by atoms with Gasteiger partial charge in [0.05, 0.1) is 23.6 Å². The van der Waals surface area contributed by atoms with Gasteiger partial charge in [0.2, 0.25) is 23.6 Å². The summed E-state index contributed by atoms with van der Waals surface area (Å²) < 4.78 is 7.21. The van der Waals surface area contributed by atoms with Gasteiger partial charge in [-0.3, -0.25) is 28.5 Å². The van der Waals surface area contributed by atoms with Crippen molar-refractivity contribution in [3.63, 3.8) is 0 Å². The zero-order chi connectivity index (χ0) is 37.6. The number of imidazole rings is 1. The number of ether oxygens (including phenoxy) is 1. The van der Waals surface area contributed by atoms with Crippen LogP contribution in [0.4, 0.5) is 0 Å². The first kappa shape index (κ1) is 39.6. The largest absolute Gasteiger partial charge is 0.484 e. The Labute approximate surface area is 302 Å². The number of H-pyrrole nitrogens is 1. The molecular formula is C37H51N7O8. The fourth-order valence-corrected chi connectivity index (χ4v) is 6.04. The Morgan fingerprint density at radius 3 is 2.40 bits per heavy atom. The molecule has 0 radical (unpaired) electrons. The molecule has 0 fully saturated rings. The number of para-hydroxylation sites is 2. The Morgan fingerprint density at radius 1 is 0.885 bits per heavy atom. The topological polar surface area (TPSA) is 204 Å². The monoisotopic (exact) mass is 721 g/mol. The molecule has 5 amide bonds. The van der Waals surface area contributed by atoms with Crippen LogP contribution in [-0.2, 0) is 36.9 Å². The van der Waals surface area contributed by atoms with Crippen LogP contribution in [0.1, 0.15) is 58.4 Å². The maximum absolute atomic E-state index is 13.4. The highest BCUT2D eigenvalue weighted by Gasteiger charge is 2.30. The molecule has 0 spiro atoms. The number of nitrogens with zero attached hydrogens (tertiary/aromatic N) is 2. The molecule has 2 aromatic carbocycles. The molecule has 4 rings (SSSR count). The zero-order valence-electron chi connectivity index (χ0n) is 30.1. The molecule has 282 valence electrons. The van der Waals surface area contributed by atoms with Crippen LogP contribution in [0.25, 0.3) is 11.0 Å². The number of fused-ring (bicyclic) bond motifs is 3. The molecule has 3 atom stereocenters. The summed E-state index contributed by atoms with van der Waals surface area (Å²) in [5.41, 5.74) is 1.71. The van der Waals surface area contributed by atoms with Gasteiger partial charge < -0.3 is 41.0 Å². The van der Waals surface area contributed by atoms with Crippen molar-refractivity contribution in [2.24, 2.45) is 5.92 Å². The van der Waals surface area contributed by atoms with E-state index in [2.05, 4.69) is 26.3 Å². The second kappa shape index (κ2) is 19.4. The molecule has 3 aromatic rings. The number of benzene rings is 2. The summed E-state index contributed by atoms with van der Waals surface area (Å²) in [5, 5.41) is 21.4. The van der Waals surface area contributed by atoms with Gasteiger partial charge in [0.1, 0.15) is 17.8 Å². The molecule has 0 saturated heterocycles. The van der Waals surface area contributed by atoms with Crippen LogP contribution in [-0.4, -0.2) is 100 Å². The lowest BCUT2D eigenvalue weighted by Gasteiger charge is -2.26. The maximum atomic E-state index is 13.4. The summed E-state index contributed by atoms with van der Waals surface area (Å²) in [5.74, 6) is -1.65. The second-order valence-electron chi connectivity index (χ2n) is 13.5.